The van der Waals surface area contributed by atoms with Gasteiger partial charge < -0.3 is 23.4 Å². The molecule has 4 saturated heterocycles. The highest BCUT2D eigenvalue weighted by molar-refractivity contribution is 6.74. The second-order valence-corrected chi connectivity index (χ2v) is 15.3. The predicted octanol–water partition coefficient (Wildman–Crippen LogP) is 3.84. The number of benzene rings is 1. The summed E-state index contributed by atoms with van der Waals surface area (Å²) in [7, 11) is -0.491. The van der Waals surface area contributed by atoms with Crippen molar-refractivity contribution in [3.8, 4) is 0 Å². The zero-order valence-corrected chi connectivity index (χ0v) is 20.1. The van der Waals surface area contributed by atoms with E-state index in [0.717, 1.165) is 5.56 Å². The quantitative estimate of drug-likeness (QED) is 0.608. The third-order valence-corrected chi connectivity index (χ3v) is 12.1. The van der Waals surface area contributed by atoms with E-state index in [0.29, 0.717) is 13.0 Å². The van der Waals surface area contributed by atoms with Crippen LogP contribution < -0.4 is 0 Å². The molecule has 0 spiro atoms. The van der Waals surface area contributed by atoms with E-state index in [2.05, 4.69) is 33.9 Å². The first-order valence-corrected chi connectivity index (χ1v) is 13.6. The zero-order chi connectivity index (χ0) is 22.0. The van der Waals surface area contributed by atoms with Crippen LogP contribution in [0.25, 0.3) is 0 Å². The standard InChI is InChI=1S/C23H34O6Si/c1-20(2,3)30(6,7)27-15-22-18(24)17-13-23(25-5,29-22)19(21(22,4)28-17)26-14-16-11-9-8-10-12-16/h8-12,17,19H,13-15H2,1-7H3/t17-,19+,21+,22+,23-/m0/s1. The summed E-state index contributed by atoms with van der Waals surface area (Å²) in [5.74, 6) is -1.07. The van der Waals surface area contributed by atoms with Crippen molar-refractivity contribution in [2.75, 3.05) is 13.7 Å². The lowest BCUT2D eigenvalue weighted by Crippen LogP contribution is -2.59. The van der Waals surface area contributed by atoms with E-state index >= 15 is 0 Å². The van der Waals surface area contributed by atoms with Gasteiger partial charge in [0.1, 0.15) is 17.8 Å². The van der Waals surface area contributed by atoms with E-state index < -0.39 is 37.5 Å². The molecule has 0 N–H and O–H groups in total. The summed E-state index contributed by atoms with van der Waals surface area (Å²) >= 11 is 0. The molecule has 1 aromatic carbocycles. The lowest BCUT2D eigenvalue weighted by atomic mass is 9.82. The van der Waals surface area contributed by atoms with Gasteiger partial charge in [0.2, 0.25) is 5.79 Å². The van der Waals surface area contributed by atoms with Crippen LogP contribution in [0.1, 0.15) is 39.7 Å². The van der Waals surface area contributed by atoms with Crippen LogP contribution in [-0.2, 0) is 34.8 Å². The van der Waals surface area contributed by atoms with Crippen LogP contribution in [0.4, 0.5) is 0 Å². The SMILES string of the molecule is CO[C@]12C[C@@H]3O[C@](C)([C@H]1OCc1ccccc1)[C@](CO[Si](C)(C)C(C)(C)C)(O2)C3=O. The maximum Gasteiger partial charge on any atom is 0.201 e. The monoisotopic (exact) mass is 434 g/mol. The highest BCUT2D eigenvalue weighted by atomic mass is 28.4. The number of hydrogen-bond donors (Lipinski definition) is 0. The highest BCUT2D eigenvalue weighted by Gasteiger charge is 2.84. The van der Waals surface area contributed by atoms with Crippen molar-refractivity contribution in [1.82, 2.24) is 0 Å². The number of ether oxygens (including phenoxy) is 4. The molecular formula is C23H34O6Si. The summed E-state index contributed by atoms with van der Waals surface area (Å²) in [5, 5.41) is 0.0201. The molecule has 0 unspecified atom stereocenters. The van der Waals surface area contributed by atoms with Crippen molar-refractivity contribution in [2.24, 2.45) is 0 Å². The van der Waals surface area contributed by atoms with E-state index in [-0.39, 0.29) is 17.4 Å². The number of carbonyl (C=O) groups excluding carboxylic acids is 1. The summed E-state index contributed by atoms with van der Waals surface area (Å²) in [4.78, 5) is 13.4. The summed E-state index contributed by atoms with van der Waals surface area (Å²) in [6.07, 6.45) is -0.761. The molecule has 4 aliphatic rings. The molecule has 30 heavy (non-hydrogen) atoms. The molecule has 1 aromatic rings. The molecule has 5 rings (SSSR count). The van der Waals surface area contributed by atoms with Gasteiger partial charge >= 0.3 is 0 Å². The van der Waals surface area contributed by atoms with Crippen molar-refractivity contribution < 1.29 is 28.2 Å². The van der Waals surface area contributed by atoms with Gasteiger partial charge in [0.05, 0.1) is 13.2 Å². The minimum atomic E-state index is -2.10. The molecule has 4 heterocycles. The van der Waals surface area contributed by atoms with Crippen molar-refractivity contribution >= 4 is 14.1 Å². The molecule has 7 heteroatoms. The zero-order valence-electron chi connectivity index (χ0n) is 19.1. The number of carbonyl (C=O) groups is 1. The first kappa shape index (κ1) is 22.1. The highest BCUT2D eigenvalue weighted by Crippen LogP contribution is 2.62. The molecule has 4 bridgehead atoms. The van der Waals surface area contributed by atoms with Crippen LogP contribution in [0.15, 0.2) is 30.3 Å². The summed E-state index contributed by atoms with van der Waals surface area (Å²) in [5.41, 5.74) is -1.15. The maximum absolute atomic E-state index is 13.4. The topological polar surface area (TPSA) is 63.2 Å². The maximum atomic E-state index is 13.4. The fraction of sp³-hybridized carbons (Fsp3) is 0.696. The van der Waals surface area contributed by atoms with Crippen molar-refractivity contribution in [3.63, 3.8) is 0 Å². The van der Waals surface area contributed by atoms with Crippen LogP contribution in [0.5, 0.6) is 0 Å². The van der Waals surface area contributed by atoms with Crippen molar-refractivity contribution in [1.29, 1.82) is 0 Å². The second-order valence-electron chi connectivity index (χ2n) is 10.5. The van der Waals surface area contributed by atoms with Crippen LogP contribution >= 0.6 is 0 Å². The van der Waals surface area contributed by atoms with Crippen molar-refractivity contribution in [3.05, 3.63) is 35.9 Å². The fourth-order valence-corrected chi connectivity index (χ4v) is 5.70. The Hall–Kier alpha value is -1.09. The van der Waals surface area contributed by atoms with Gasteiger partial charge in [-0.1, -0.05) is 51.1 Å². The predicted molar refractivity (Wildman–Crippen MR) is 115 cm³/mol. The number of ketones is 1. The van der Waals surface area contributed by atoms with Gasteiger partial charge in [0.25, 0.3) is 0 Å². The Morgan fingerprint density at radius 2 is 1.87 bits per heavy atom. The van der Waals surface area contributed by atoms with Gasteiger partial charge in [0.15, 0.2) is 19.7 Å². The molecule has 0 radical (unpaired) electrons. The minimum Gasteiger partial charge on any atom is -0.413 e. The molecule has 0 saturated carbocycles. The Morgan fingerprint density at radius 3 is 2.47 bits per heavy atom. The molecule has 5 atom stereocenters. The van der Waals surface area contributed by atoms with Gasteiger partial charge in [-0.05, 0) is 30.6 Å². The summed E-state index contributed by atoms with van der Waals surface area (Å²) < 4.78 is 31.5. The fourth-order valence-electron chi connectivity index (χ4n) is 4.70. The summed E-state index contributed by atoms with van der Waals surface area (Å²) in [6.45, 7) is 13.3. The second kappa shape index (κ2) is 6.95. The van der Waals surface area contributed by atoms with Crippen LogP contribution in [0, 0.1) is 0 Å². The first-order chi connectivity index (χ1) is 13.9. The molecule has 0 aromatic heterocycles. The Kier molecular flexibility index (Phi) is 5.12. The molecule has 0 amide bonds. The Labute approximate surface area is 180 Å². The van der Waals surface area contributed by atoms with Gasteiger partial charge in [0, 0.05) is 13.5 Å². The van der Waals surface area contributed by atoms with E-state index in [1.807, 2.05) is 37.3 Å². The number of hydrogen-bond acceptors (Lipinski definition) is 6. The largest absolute Gasteiger partial charge is 0.413 e. The lowest BCUT2D eigenvalue weighted by Gasteiger charge is -2.42. The summed E-state index contributed by atoms with van der Waals surface area (Å²) in [6, 6.07) is 9.94. The van der Waals surface area contributed by atoms with Crippen molar-refractivity contribution in [2.45, 2.75) is 88.1 Å². The first-order valence-electron chi connectivity index (χ1n) is 10.7. The third-order valence-electron chi connectivity index (χ3n) is 7.64. The molecule has 4 aliphatic heterocycles. The van der Waals surface area contributed by atoms with Crippen LogP contribution in [-0.4, -0.2) is 57.0 Å². The molecule has 0 aliphatic carbocycles. The minimum absolute atomic E-state index is 0.0201. The number of methoxy groups -OCH3 is 1. The van der Waals surface area contributed by atoms with Gasteiger partial charge in [-0.25, -0.2) is 0 Å². The molecule has 6 nitrogen and oxygen atoms in total. The van der Waals surface area contributed by atoms with E-state index in [1.54, 1.807) is 7.11 Å². The van der Waals surface area contributed by atoms with E-state index in [4.69, 9.17) is 23.4 Å². The number of rotatable bonds is 7. The van der Waals surface area contributed by atoms with Crippen LogP contribution in [0.2, 0.25) is 18.1 Å². The molecule has 4 fully saturated rings. The van der Waals surface area contributed by atoms with Gasteiger partial charge in [-0.15, -0.1) is 0 Å². The normalized spacial score (nSPS) is 37.9. The Morgan fingerprint density at radius 1 is 1.20 bits per heavy atom. The number of Topliss-reactive ketones (excluding diaryl/α,β-unsaturated/α-hetero) is 1. The lowest BCUT2D eigenvalue weighted by molar-refractivity contribution is -0.304. The Balaban J connectivity index is 1.64. The molecular weight excluding hydrogens is 400 g/mol. The van der Waals surface area contributed by atoms with Gasteiger partial charge in [-0.3, -0.25) is 4.79 Å². The van der Waals surface area contributed by atoms with E-state index in [1.165, 1.54) is 0 Å². The van der Waals surface area contributed by atoms with E-state index in [9.17, 15) is 4.79 Å². The molecule has 166 valence electrons. The average molecular weight is 435 g/mol. The Bertz CT molecular complexity index is 821. The smallest absolute Gasteiger partial charge is 0.201 e. The van der Waals surface area contributed by atoms with Crippen LogP contribution in [0.3, 0.4) is 0 Å². The van der Waals surface area contributed by atoms with Gasteiger partial charge in [-0.2, -0.15) is 0 Å². The third kappa shape index (κ3) is 2.98. The average Bonchev–Trinajstić information content (AvgIpc) is 2.92.